The zero-order chi connectivity index (χ0) is 24.7. The van der Waals surface area contributed by atoms with E-state index in [4.69, 9.17) is 11.6 Å². The summed E-state index contributed by atoms with van der Waals surface area (Å²) in [7, 11) is 0. The maximum absolute atomic E-state index is 13.3. The van der Waals surface area contributed by atoms with Gasteiger partial charge in [0.2, 0.25) is 0 Å². The molecule has 1 amide bonds. The Morgan fingerprint density at radius 2 is 1.83 bits per heavy atom. The molecule has 0 saturated heterocycles. The van der Waals surface area contributed by atoms with Crippen molar-refractivity contribution in [1.82, 2.24) is 34.2 Å². The third-order valence-corrected chi connectivity index (χ3v) is 6.31. The Hall–Kier alpha value is -3.98. The van der Waals surface area contributed by atoms with Gasteiger partial charge in [0, 0.05) is 29.5 Å². The van der Waals surface area contributed by atoms with E-state index in [2.05, 4.69) is 25.6 Å². The van der Waals surface area contributed by atoms with E-state index in [9.17, 15) is 4.79 Å². The van der Waals surface area contributed by atoms with Crippen LogP contribution in [0.15, 0.2) is 48.9 Å². The van der Waals surface area contributed by atoms with E-state index < -0.39 is 0 Å². The number of nitrogens with zero attached hydrogens (tertiary/aromatic N) is 7. The first-order valence-electron chi connectivity index (χ1n) is 11.3. The molecule has 4 heterocycles. The Balaban J connectivity index is 1.44. The lowest BCUT2D eigenvalue weighted by atomic mass is 10.2. The van der Waals surface area contributed by atoms with Crippen molar-refractivity contribution >= 4 is 28.8 Å². The van der Waals surface area contributed by atoms with Crippen molar-refractivity contribution in [2.75, 3.05) is 5.32 Å². The molecule has 0 aliphatic rings. The molecule has 0 saturated carbocycles. The molecule has 1 N–H and O–H groups in total. The zero-order valence-corrected chi connectivity index (χ0v) is 20.7. The van der Waals surface area contributed by atoms with Crippen LogP contribution < -0.4 is 5.32 Å². The summed E-state index contributed by atoms with van der Waals surface area (Å²) in [5.74, 6) is -0.289. The summed E-state index contributed by atoms with van der Waals surface area (Å²) in [5.41, 5.74) is 6.87. The van der Waals surface area contributed by atoms with E-state index in [-0.39, 0.29) is 5.91 Å². The quantitative estimate of drug-likeness (QED) is 0.374. The molecule has 0 fully saturated rings. The summed E-state index contributed by atoms with van der Waals surface area (Å²) in [5, 5.41) is 17.3. The van der Waals surface area contributed by atoms with E-state index in [0.717, 1.165) is 40.4 Å². The van der Waals surface area contributed by atoms with Gasteiger partial charge in [0.1, 0.15) is 5.56 Å². The van der Waals surface area contributed by atoms with Crippen molar-refractivity contribution in [2.45, 2.75) is 40.8 Å². The second-order valence-electron chi connectivity index (χ2n) is 8.39. The fourth-order valence-corrected chi connectivity index (χ4v) is 4.29. The minimum atomic E-state index is -0.289. The standard InChI is InChI=1S/C25H25ClN8O/c1-5-32-14-21(15(2)30-32)22-10-11-27-24-20(12-28-34(22)24)25(35)29-23-16(3)31-33(17(23)4)13-18-6-8-19(26)9-7-18/h6-12,14H,5,13H2,1-4H3,(H,29,35). The number of fused-ring (bicyclic) bond motifs is 1. The monoisotopic (exact) mass is 488 g/mol. The van der Waals surface area contributed by atoms with Gasteiger partial charge in [0.15, 0.2) is 5.65 Å². The number of aromatic nitrogens is 7. The second kappa shape index (κ2) is 8.99. The van der Waals surface area contributed by atoms with Gasteiger partial charge in [-0.2, -0.15) is 15.3 Å². The van der Waals surface area contributed by atoms with E-state index in [0.29, 0.717) is 28.5 Å². The van der Waals surface area contributed by atoms with Crippen molar-refractivity contribution < 1.29 is 4.79 Å². The first-order valence-corrected chi connectivity index (χ1v) is 11.7. The number of nitrogens with one attached hydrogen (secondary N) is 1. The van der Waals surface area contributed by atoms with Gasteiger partial charge in [-0.05, 0) is 51.5 Å². The van der Waals surface area contributed by atoms with Crippen molar-refractivity contribution in [3.05, 3.63) is 82.2 Å². The number of benzene rings is 1. The van der Waals surface area contributed by atoms with Crippen LogP contribution in [0.25, 0.3) is 16.9 Å². The molecular formula is C25H25ClN8O. The zero-order valence-electron chi connectivity index (χ0n) is 19.9. The summed E-state index contributed by atoms with van der Waals surface area (Å²) in [6.07, 6.45) is 5.21. The Bertz CT molecular complexity index is 1540. The predicted molar refractivity (Wildman–Crippen MR) is 135 cm³/mol. The number of amides is 1. The molecule has 10 heteroatoms. The van der Waals surface area contributed by atoms with E-state index in [1.807, 2.05) is 73.6 Å². The van der Waals surface area contributed by atoms with Gasteiger partial charge in [-0.1, -0.05) is 23.7 Å². The molecule has 35 heavy (non-hydrogen) atoms. The number of hydrogen-bond acceptors (Lipinski definition) is 5. The number of hydrogen-bond donors (Lipinski definition) is 1. The van der Waals surface area contributed by atoms with Crippen LogP contribution >= 0.6 is 11.6 Å². The molecular weight excluding hydrogens is 464 g/mol. The van der Waals surface area contributed by atoms with Gasteiger partial charge >= 0.3 is 0 Å². The van der Waals surface area contributed by atoms with Gasteiger partial charge in [-0.15, -0.1) is 0 Å². The van der Waals surface area contributed by atoms with Crippen LogP contribution in [0.4, 0.5) is 5.69 Å². The predicted octanol–water partition coefficient (Wildman–Crippen LogP) is 4.69. The minimum Gasteiger partial charge on any atom is -0.319 e. The lowest BCUT2D eigenvalue weighted by Gasteiger charge is -2.07. The highest BCUT2D eigenvalue weighted by atomic mass is 35.5. The number of carbonyl (C=O) groups excluding carboxylic acids is 1. The number of anilines is 1. The Morgan fingerprint density at radius 1 is 1.06 bits per heavy atom. The third kappa shape index (κ3) is 4.19. The normalized spacial score (nSPS) is 11.3. The van der Waals surface area contributed by atoms with Gasteiger partial charge in [-0.3, -0.25) is 14.2 Å². The SMILES string of the molecule is CCn1cc(-c2ccnc3c(C(=O)Nc4c(C)nn(Cc5ccc(Cl)cc5)c4C)cnn23)c(C)n1. The number of carbonyl (C=O) groups is 1. The second-order valence-corrected chi connectivity index (χ2v) is 8.83. The summed E-state index contributed by atoms with van der Waals surface area (Å²) >= 11 is 6.00. The van der Waals surface area contributed by atoms with Crippen LogP contribution in [0.2, 0.25) is 5.02 Å². The van der Waals surface area contributed by atoms with E-state index in [1.54, 1.807) is 16.9 Å². The molecule has 1 aromatic carbocycles. The fourth-order valence-electron chi connectivity index (χ4n) is 4.16. The van der Waals surface area contributed by atoms with Crippen molar-refractivity contribution in [2.24, 2.45) is 0 Å². The molecule has 0 unspecified atom stereocenters. The third-order valence-electron chi connectivity index (χ3n) is 6.06. The number of rotatable bonds is 6. The molecule has 9 nitrogen and oxygen atoms in total. The highest BCUT2D eigenvalue weighted by molar-refractivity contribution is 6.30. The van der Waals surface area contributed by atoms with Gasteiger partial charge in [0.05, 0.1) is 41.2 Å². The average Bonchev–Trinajstić information content (AvgIpc) is 3.52. The highest BCUT2D eigenvalue weighted by Crippen LogP contribution is 2.25. The maximum Gasteiger partial charge on any atom is 0.261 e. The van der Waals surface area contributed by atoms with E-state index in [1.165, 1.54) is 0 Å². The Morgan fingerprint density at radius 3 is 2.54 bits per heavy atom. The molecule has 0 radical (unpaired) electrons. The Kier molecular flexibility index (Phi) is 5.86. The topological polar surface area (TPSA) is 94.9 Å². The van der Waals surface area contributed by atoms with Crippen LogP contribution in [0, 0.1) is 20.8 Å². The van der Waals surface area contributed by atoms with Crippen LogP contribution in [-0.2, 0) is 13.1 Å². The molecule has 5 aromatic rings. The summed E-state index contributed by atoms with van der Waals surface area (Å²) in [6.45, 7) is 9.15. The Labute approximate surface area is 207 Å². The van der Waals surface area contributed by atoms with Crippen LogP contribution in [0.1, 0.15) is 39.9 Å². The summed E-state index contributed by atoms with van der Waals surface area (Å²) in [4.78, 5) is 17.7. The summed E-state index contributed by atoms with van der Waals surface area (Å²) in [6, 6.07) is 9.51. The molecule has 4 aromatic heterocycles. The number of halogens is 1. The highest BCUT2D eigenvalue weighted by Gasteiger charge is 2.21. The first kappa shape index (κ1) is 22.8. The largest absolute Gasteiger partial charge is 0.319 e. The van der Waals surface area contributed by atoms with Crippen molar-refractivity contribution in [3.63, 3.8) is 0 Å². The summed E-state index contributed by atoms with van der Waals surface area (Å²) < 4.78 is 5.43. The lowest BCUT2D eigenvalue weighted by Crippen LogP contribution is -2.13. The minimum absolute atomic E-state index is 0.289. The van der Waals surface area contributed by atoms with Crippen molar-refractivity contribution in [3.8, 4) is 11.3 Å². The van der Waals surface area contributed by atoms with Crippen LogP contribution in [0.3, 0.4) is 0 Å². The molecule has 0 atom stereocenters. The molecule has 0 spiro atoms. The first-order chi connectivity index (χ1) is 16.9. The smallest absolute Gasteiger partial charge is 0.261 e. The average molecular weight is 489 g/mol. The molecule has 0 aliphatic carbocycles. The van der Waals surface area contributed by atoms with Crippen LogP contribution in [-0.4, -0.2) is 40.1 Å². The van der Waals surface area contributed by atoms with Gasteiger partial charge in [-0.25, -0.2) is 9.50 Å². The fraction of sp³-hybridized carbons (Fsp3) is 0.240. The lowest BCUT2D eigenvalue weighted by molar-refractivity contribution is 0.102. The molecule has 178 valence electrons. The van der Waals surface area contributed by atoms with Gasteiger partial charge < -0.3 is 5.32 Å². The molecule has 5 rings (SSSR count). The van der Waals surface area contributed by atoms with Crippen molar-refractivity contribution in [1.29, 1.82) is 0 Å². The molecule has 0 bridgehead atoms. The van der Waals surface area contributed by atoms with Gasteiger partial charge in [0.25, 0.3) is 5.91 Å². The molecule has 0 aliphatic heterocycles. The number of aryl methyl sites for hydroxylation is 3. The van der Waals surface area contributed by atoms with Crippen LogP contribution in [0.5, 0.6) is 0 Å². The van der Waals surface area contributed by atoms with E-state index >= 15 is 0 Å². The maximum atomic E-state index is 13.3.